The Labute approximate surface area is 171 Å². The fourth-order valence-electron chi connectivity index (χ4n) is 3.25. The Morgan fingerprint density at radius 3 is 2.56 bits per heavy atom. The number of methoxy groups -OCH3 is 1. The average Bonchev–Trinajstić information content (AvgIpc) is 2.69. The van der Waals surface area contributed by atoms with Crippen LogP contribution in [0.4, 0.5) is 0 Å². The van der Waals surface area contributed by atoms with Crippen molar-refractivity contribution in [2.75, 3.05) is 26.7 Å². The molecule has 3 rings (SSSR count). The lowest BCUT2D eigenvalue weighted by Crippen LogP contribution is -2.33. The van der Waals surface area contributed by atoms with Crippen molar-refractivity contribution >= 4 is 23.2 Å². The quantitative estimate of drug-likeness (QED) is 0.665. The van der Waals surface area contributed by atoms with Gasteiger partial charge in [0.15, 0.2) is 11.5 Å². The van der Waals surface area contributed by atoms with Crippen LogP contribution in [0.5, 0.6) is 11.5 Å². The third-order valence-electron chi connectivity index (χ3n) is 4.88. The fourth-order valence-corrected chi connectivity index (χ4v) is 3.66. The zero-order valence-corrected chi connectivity index (χ0v) is 17.1. The Bertz CT molecular complexity index is 749. The molecule has 1 saturated heterocycles. The average molecular weight is 409 g/mol. The molecule has 0 unspecified atom stereocenters. The van der Waals surface area contributed by atoms with Gasteiger partial charge in [-0.3, -0.25) is 0 Å². The summed E-state index contributed by atoms with van der Waals surface area (Å²) in [6.45, 7) is 4.30. The van der Waals surface area contributed by atoms with Crippen LogP contribution in [0.3, 0.4) is 0 Å². The van der Waals surface area contributed by atoms with Crippen LogP contribution < -0.4 is 20.1 Å². The molecule has 1 heterocycles. The molecule has 6 heteroatoms. The highest BCUT2D eigenvalue weighted by molar-refractivity contribution is 6.31. The van der Waals surface area contributed by atoms with Crippen LogP contribution in [0.1, 0.15) is 24.0 Å². The van der Waals surface area contributed by atoms with Crippen LogP contribution in [0.2, 0.25) is 10.0 Å². The molecule has 0 amide bonds. The molecule has 2 aromatic carbocycles. The smallest absolute Gasteiger partial charge is 0.163 e. The van der Waals surface area contributed by atoms with Crippen molar-refractivity contribution < 1.29 is 9.47 Å². The van der Waals surface area contributed by atoms with Crippen LogP contribution in [0.15, 0.2) is 36.4 Å². The molecule has 0 saturated carbocycles. The number of piperidine rings is 1. The number of nitrogens with one attached hydrogen (secondary N) is 2. The van der Waals surface area contributed by atoms with Gasteiger partial charge < -0.3 is 20.1 Å². The Morgan fingerprint density at radius 1 is 1.04 bits per heavy atom. The molecule has 0 radical (unpaired) electrons. The van der Waals surface area contributed by atoms with Crippen LogP contribution in [0.25, 0.3) is 0 Å². The lowest BCUT2D eigenvalue weighted by molar-refractivity contribution is 0.284. The standard InChI is InChI=1S/C21H26Cl2N2O2/c1-26-20-10-17(13-25-12-15-6-8-24-9-7-15)19(23)11-21(20)27-14-16-4-2-3-5-18(16)22/h2-5,10-11,15,24-25H,6-9,12-14H2,1H3. The first-order chi connectivity index (χ1) is 13.2. The van der Waals surface area contributed by atoms with Gasteiger partial charge in [0.1, 0.15) is 6.61 Å². The zero-order chi connectivity index (χ0) is 19.1. The number of rotatable bonds is 8. The Morgan fingerprint density at radius 2 is 1.81 bits per heavy atom. The number of hydrogen-bond donors (Lipinski definition) is 2. The Hall–Kier alpha value is -1.46. The number of hydrogen-bond acceptors (Lipinski definition) is 4. The van der Waals surface area contributed by atoms with E-state index in [1.54, 1.807) is 7.11 Å². The van der Waals surface area contributed by atoms with Crippen molar-refractivity contribution in [3.05, 3.63) is 57.6 Å². The van der Waals surface area contributed by atoms with E-state index in [-0.39, 0.29) is 0 Å². The first kappa shape index (κ1) is 20.3. The molecule has 0 aromatic heterocycles. The van der Waals surface area contributed by atoms with Gasteiger partial charge in [0.25, 0.3) is 0 Å². The predicted molar refractivity (Wildman–Crippen MR) is 111 cm³/mol. The van der Waals surface area contributed by atoms with E-state index in [1.165, 1.54) is 12.8 Å². The normalized spacial score (nSPS) is 14.9. The summed E-state index contributed by atoms with van der Waals surface area (Å²) >= 11 is 12.7. The summed E-state index contributed by atoms with van der Waals surface area (Å²) in [5.74, 6) is 2.01. The molecule has 4 nitrogen and oxygen atoms in total. The van der Waals surface area contributed by atoms with Gasteiger partial charge in [0.05, 0.1) is 7.11 Å². The van der Waals surface area contributed by atoms with E-state index in [0.29, 0.717) is 34.7 Å². The number of benzene rings is 2. The maximum absolute atomic E-state index is 6.48. The van der Waals surface area contributed by atoms with E-state index in [4.69, 9.17) is 32.7 Å². The topological polar surface area (TPSA) is 42.5 Å². The number of ether oxygens (including phenoxy) is 2. The first-order valence-corrected chi connectivity index (χ1v) is 10.1. The van der Waals surface area contributed by atoms with Crippen LogP contribution in [-0.2, 0) is 13.2 Å². The molecule has 27 heavy (non-hydrogen) atoms. The van der Waals surface area contributed by atoms with E-state index in [1.807, 2.05) is 36.4 Å². The maximum atomic E-state index is 6.48. The molecule has 0 aliphatic carbocycles. The van der Waals surface area contributed by atoms with Crippen LogP contribution in [-0.4, -0.2) is 26.7 Å². The van der Waals surface area contributed by atoms with Gasteiger partial charge >= 0.3 is 0 Å². The Balaban J connectivity index is 1.61. The second-order valence-corrected chi connectivity index (χ2v) is 7.61. The van der Waals surface area contributed by atoms with E-state index in [9.17, 15) is 0 Å². The van der Waals surface area contributed by atoms with Gasteiger partial charge in [-0.1, -0.05) is 41.4 Å². The largest absolute Gasteiger partial charge is 0.493 e. The molecule has 2 aromatic rings. The summed E-state index contributed by atoms with van der Waals surface area (Å²) in [4.78, 5) is 0. The summed E-state index contributed by atoms with van der Waals surface area (Å²) in [5, 5.41) is 8.27. The van der Waals surface area contributed by atoms with Crippen molar-refractivity contribution in [2.45, 2.75) is 26.0 Å². The minimum atomic E-state index is 0.361. The molecule has 0 spiro atoms. The molecule has 0 atom stereocenters. The second kappa shape index (κ2) is 10.2. The lowest BCUT2D eigenvalue weighted by atomic mass is 9.98. The van der Waals surface area contributed by atoms with Gasteiger partial charge in [-0.2, -0.15) is 0 Å². The monoisotopic (exact) mass is 408 g/mol. The maximum Gasteiger partial charge on any atom is 0.163 e. The highest BCUT2D eigenvalue weighted by Crippen LogP contribution is 2.34. The number of halogens is 2. The van der Waals surface area contributed by atoms with E-state index in [2.05, 4.69) is 10.6 Å². The predicted octanol–water partition coefficient (Wildman–Crippen LogP) is 4.67. The van der Waals surface area contributed by atoms with E-state index < -0.39 is 0 Å². The van der Waals surface area contributed by atoms with E-state index in [0.717, 1.165) is 36.7 Å². The van der Waals surface area contributed by atoms with Crippen molar-refractivity contribution in [3.63, 3.8) is 0 Å². The van der Waals surface area contributed by atoms with E-state index >= 15 is 0 Å². The molecule has 1 aliphatic rings. The molecular weight excluding hydrogens is 383 g/mol. The summed E-state index contributed by atoms with van der Waals surface area (Å²) < 4.78 is 11.4. The summed E-state index contributed by atoms with van der Waals surface area (Å²) in [7, 11) is 1.64. The summed E-state index contributed by atoms with van der Waals surface area (Å²) in [6.07, 6.45) is 2.44. The summed E-state index contributed by atoms with van der Waals surface area (Å²) in [5.41, 5.74) is 1.93. The third-order valence-corrected chi connectivity index (χ3v) is 5.60. The van der Waals surface area contributed by atoms with Crippen LogP contribution >= 0.6 is 23.2 Å². The van der Waals surface area contributed by atoms with Gasteiger partial charge in [0, 0.05) is 28.2 Å². The van der Waals surface area contributed by atoms with Gasteiger partial charge in [-0.05, 0) is 56.1 Å². The zero-order valence-electron chi connectivity index (χ0n) is 15.6. The molecule has 1 aliphatic heterocycles. The lowest BCUT2D eigenvalue weighted by Gasteiger charge is -2.23. The van der Waals surface area contributed by atoms with Gasteiger partial charge in [-0.25, -0.2) is 0 Å². The SMILES string of the molecule is COc1cc(CNCC2CCNCC2)c(Cl)cc1OCc1ccccc1Cl. The fraction of sp³-hybridized carbons (Fsp3) is 0.429. The highest BCUT2D eigenvalue weighted by atomic mass is 35.5. The molecule has 2 N–H and O–H groups in total. The second-order valence-electron chi connectivity index (χ2n) is 6.80. The van der Waals surface area contributed by atoms with Gasteiger partial charge in [0.2, 0.25) is 0 Å². The third kappa shape index (κ3) is 5.76. The minimum absolute atomic E-state index is 0.361. The van der Waals surface area contributed by atoms with Gasteiger partial charge in [-0.15, -0.1) is 0 Å². The first-order valence-electron chi connectivity index (χ1n) is 9.31. The molecule has 1 fully saturated rings. The molecular formula is C21H26Cl2N2O2. The highest BCUT2D eigenvalue weighted by Gasteiger charge is 2.14. The Kier molecular flexibility index (Phi) is 7.65. The van der Waals surface area contributed by atoms with Crippen LogP contribution in [0, 0.1) is 5.92 Å². The van der Waals surface area contributed by atoms with Crippen molar-refractivity contribution in [3.8, 4) is 11.5 Å². The molecule has 0 bridgehead atoms. The summed E-state index contributed by atoms with van der Waals surface area (Å²) in [6, 6.07) is 11.4. The van der Waals surface area contributed by atoms with Crippen molar-refractivity contribution in [2.24, 2.45) is 5.92 Å². The van der Waals surface area contributed by atoms with Crippen molar-refractivity contribution in [1.82, 2.24) is 10.6 Å². The minimum Gasteiger partial charge on any atom is -0.493 e. The molecule has 146 valence electrons. The van der Waals surface area contributed by atoms with Crippen molar-refractivity contribution in [1.29, 1.82) is 0 Å².